The van der Waals surface area contributed by atoms with Crippen LogP contribution in [0.2, 0.25) is 0 Å². The van der Waals surface area contributed by atoms with E-state index in [9.17, 15) is 10.3 Å². The number of aromatic nitrogens is 2. The Morgan fingerprint density at radius 2 is 1.81 bits per heavy atom. The molecule has 0 aliphatic heterocycles. The predicted molar refractivity (Wildman–Crippen MR) is 84.4 cm³/mol. The highest BCUT2D eigenvalue weighted by atomic mass is 79.9. The third kappa shape index (κ3) is 2.40. The van der Waals surface area contributed by atoms with Crippen LogP contribution in [-0.4, -0.2) is 20.0 Å². The Labute approximate surface area is 130 Å². The molecule has 1 heterocycles. The first-order chi connectivity index (χ1) is 10.1. The Balaban J connectivity index is 2.20. The lowest BCUT2D eigenvalue weighted by Crippen LogP contribution is -1.96. The van der Waals surface area contributed by atoms with Gasteiger partial charge in [0.15, 0.2) is 5.82 Å². The number of phenols is 1. The van der Waals surface area contributed by atoms with E-state index in [0.29, 0.717) is 22.8 Å². The van der Waals surface area contributed by atoms with Crippen molar-refractivity contribution >= 4 is 15.9 Å². The lowest BCUT2D eigenvalue weighted by atomic mass is 10.1. The molecule has 1 aromatic heterocycles. The number of phenolic OH excluding ortho intramolecular Hbond substituents is 1. The summed E-state index contributed by atoms with van der Waals surface area (Å²) in [5.41, 5.74) is 2.69. The summed E-state index contributed by atoms with van der Waals surface area (Å²) in [5.74, 6) is 0.378. The third-order valence-electron chi connectivity index (χ3n) is 3.33. The standard InChI is InChI=1S/C16H13BrN2O2/c1-10-15(11-5-3-2-4-6-11)18-16(19(10)21)13-9-12(17)7-8-14(13)20/h2-9,20-21H,1H3. The maximum Gasteiger partial charge on any atom is 0.179 e. The van der Waals surface area contributed by atoms with Gasteiger partial charge in [0.25, 0.3) is 0 Å². The summed E-state index contributed by atoms with van der Waals surface area (Å²) in [4.78, 5) is 4.48. The molecule has 0 saturated heterocycles. The van der Waals surface area contributed by atoms with E-state index in [1.54, 1.807) is 25.1 Å². The fraction of sp³-hybridized carbons (Fsp3) is 0.0625. The molecule has 0 saturated carbocycles. The second-order valence-electron chi connectivity index (χ2n) is 4.71. The number of imidazole rings is 1. The molecular formula is C16H13BrN2O2. The van der Waals surface area contributed by atoms with Crippen LogP contribution in [0, 0.1) is 6.92 Å². The molecule has 0 aliphatic rings. The van der Waals surface area contributed by atoms with Crippen LogP contribution in [0.25, 0.3) is 22.6 Å². The largest absolute Gasteiger partial charge is 0.507 e. The highest BCUT2D eigenvalue weighted by Gasteiger charge is 2.18. The molecule has 5 heteroatoms. The van der Waals surface area contributed by atoms with Gasteiger partial charge in [-0.15, -0.1) is 0 Å². The fourth-order valence-electron chi connectivity index (χ4n) is 2.22. The van der Waals surface area contributed by atoms with E-state index in [1.165, 1.54) is 0 Å². The topological polar surface area (TPSA) is 58.3 Å². The number of halogens is 1. The SMILES string of the molecule is Cc1c(-c2ccccc2)nc(-c2cc(Br)ccc2O)n1O. The normalized spacial score (nSPS) is 10.8. The lowest BCUT2D eigenvalue weighted by Gasteiger charge is -2.04. The van der Waals surface area contributed by atoms with Crippen molar-refractivity contribution in [3.63, 3.8) is 0 Å². The monoisotopic (exact) mass is 344 g/mol. The molecule has 0 radical (unpaired) electrons. The van der Waals surface area contributed by atoms with Crippen molar-refractivity contribution in [2.45, 2.75) is 6.92 Å². The molecule has 4 nitrogen and oxygen atoms in total. The van der Waals surface area contributed by atoms with Crippen LogP contribution in [0.15, 0.2) is 53.0 Å². The molecule has 0 aliphatic carbocycles. The lowest BCUT2D eigenvalue weighted by molar-refractivity contribution is 0.184. The number of hydrogen-bond donors (Lipinski definition) is 2. The predicted octanol–water partition coefficient (Wildman–Crippen LogP) is 4.23. The molecule has 0 fully saturated rings. The van der Waals surface area contributed by atoms with E-state index in [2.05, 4.69) is 20.9 Å². The van der Waals surface area contributed by atoms with Crippen LogP contribution in [0.5, 0.6) is 5.75 Å². The van der Waals surface area contributed by atoms with Gasteiger partial charge in [0.2, 0.25) is 0 Å². The Bertz CT molecular complexity index is 798. The first-order valence-electron chi connectivity index (χ1n) is 6.41. The van der Waals surface area contributed by atoms with E-state index >= 15 is 0 Å². The van der Waals surface area contributed by atoms with Crippen molar-refractivity contribution in [1.29, 1.82) is 0 Å². The minimum absolute atomic E-state index is 0.0677. The molecule has 2 aromatic carbocycles. The zero-order chi connectivity index (χ0) is 15.0. The summed E-state index contributed by atoms with van der Waals surface area (Å²) >= 11 is 3.36. The quantitative estimate of drug-likeness (QED) is 0.684. The number of benzene rings is 2. The van der Waals surface area contributed by atoms with E-state index in [0.717, 1.165) is 14.8 Å². The number of hydrogen-bond acceptors (Lipinski definition) is 3. The van der Waals surface area contributed by atoms with Gasteiger partial charge in [-0.05, 0) is 25.1 Å². The minimum Gasteiger partial charge on any atom is -0.507 e. The Morgan fingerprint density at radius 3 is 2.52 bits per heavy atom. The molecule has 0 amide bonds. The molecule has 3 aromatic rings. The van der Waals surface area contributed by atoms with Gasteiger partial charge >= 0.3 is 0 Å². The van der Waals surface area contributed by atoms with Crippen LogP contribution in [0.1, 0.15) is 5.69 Å². The van der Waals surface area contributed by atoms with Crippen LogP contribution in [0.4, 0.5) is 0 Å². The fourth-order valence-corrected chi connectivity index (χ4v) is 2.59. The Kier molecular flexibility index (Phi) is 3.43. The zero-order valence-corrected chi connectivity index (χ0v) is 12.9. The number of aromatic hydroxyl groups is 1. The van der Waals surface area contributed by atoms with E-state index in [1.807, 2.05) is 30.3 Å². The first-order valence-corrected chi connectivity index (χ1v) is 7.20. The minimum atomic E-state index is 0.0677. The van der Waals surface area contributed by atoms with E-state index in [-0.39, 0.29) is 5.75 Å². The van der Waals surface area contributed by atoms with E-state index in [4.69, 9.17) is 0 Å². The summed E-state index contributed by atoms with van der Waals surface area (Å²) in [6.07, 6.45) is 0. The summed E-state index contributed by atoms with van der Waals surface area (Å²) in [6.45, 7) is 1.79. The van der Waals surface area contributed by atoms with Gasteiger partial charge in [-0.2, -0.15) is 4.73 Å². The second kappa shape index (κ2) is 5.26. The molecule has 0 atom stereocenters. The summed E-state index contributed by atoms with van der Waals surface area (Å²) in [5, 5.41) is 20.3. The Hall–Kier alpha value is -2.27. The van der Waals surface area contributed by atoms with Crippen molar-refractivity contribution in [2.24, 2.45) is 0 Å². The molecule has 0 bridgehead atoms. The maximum absolute atomic E-state index is 10.3. The van der Waals surface area contributed by atoms with Crippen LogP contribution >= 0.6 is 15.9 Å². The van der Waals surface area contributed by atoms with Gasteiger partial charge < -0.3 is 10.3 Å². The average molecular weight is 345 g/mol. The smallest absolute Gasteiger partial charge is 0.179 e. The second-order valence-corrected chi connectivity index (χ2v) is 5.62. The van der Waals surface area contributed by atoms with Gasteiger partial charge in [-0.3, -0.25) is 0 Å². The summed E-state index contributed by atoms with van der Waals surface area (Å²) in [6, 6.07) is 14.6. The molecule has 2 N–H and O–H groups in total. The van der Waals surface area contributed by atoms with Gasteiger partial charge in [-0.25, -0.2) is 4.98 Å². The number of nitrogens with zero attached hydrogens (tertiary/aromatic N) is 2. The van der Waals surface area contributed by atoms with Crippen LogP contribution in [0.3, 0.4) is 0 Å². The van der Waals surface area contributed by atoms with Crippen molar-refractivity contribution < 1.29 is 10.3 Å². The van der Waals surface area contributed by atoms with Crippen LogP contribution in [-0.2, 0) is 0 Å². The van der Waals surface area contributed by atoms with Crippen molar-refractivity contribution in [1.82, 2.24) is 9.71 Å². The summed E-state index contributed by atoms with van der Waals surface area (Å²) in [7, 11) is 0. The first kappa shape index (κ1) is 13.7. The third-order valence-corrected chi connectivity index (χ3v) is 3.82. The van der Waals surface area contributed by atoms with Crippen molar-refractivity contribution in [2.75, 3.05) is 0 Å². The zero-order valence-electron chi connectivity index (χ0n) is 11.3. The molecule has 21 heavy (non-hydrogen) atoms. The maximum atomic E-state index is 10.3. The van der Waals surface area contributed by atoms with Gasteiger partial charge in [0.05, 0.1) is 17.0 Å². The molecule has 3 rings (SSSR count). The Morgan fingerprint density at radius 1 is 1.10 bits per heavy atom. The highest BCUT2D eigenvalue weighted by Crippen LogP contribution is 2.34. The van der Waals surface area contributed by atoms with Crippen molar-refractivity contribution in [3.8, 4) is 28.4 Å². The number of rotatable bonds is 2. The van der Waals surface area contributed by atoms with Gasteiger partial charge in [0.1, 0.15) is 5.75 Å². The molecule has 106 valence electrons. The van der Waals surface area contributed by atoms with Crippen LogP contribution < -0.4 is 0 Å². The highest BCUT2D eigenvalue weighted by molar-refractivity contribution is 9.10. The van der Waals surface area contributed by atoms with Gasteiger partial charge in [-0.1, -0.05) is 46.3 Å². The van der Waals surface area contributed by atoms with Crippen molar-refractivity contribution in [3.05, 3.63) is 58.7 Å². The molecular weight excluding hydrogens is 332 g/mol. The summed E-state index contributed by atoms with van der Waals surface area (Å²) < 4.78 is 1.81. The molecule has 0 spiro atoms. The average Bonchev–Trinajstić information content (AvgIpc) is 2.79. The molecule has 0 unspecified atom stereocenters. The van der Waals surface area contributed by atoms with Gasteiger partial charge in [0, 0.05) is 10.0 Å². The van der Waals surface area contributed by atoms with E-state index < -0.39 is 0 Å².